The number of rotatable bonds is 6. The van der Waals surface area contributed by atoms with E-state index in [0.717, 1.165) is 6.08 Å². The minimum absolute atomic E-state index is 0.00329. The van der Waals surface area contributed by atoms with Gasteiger partial charge in [0, 0.05) is 24.3 Å². The van der Waals surface area contributed by atoms with E-state index in [1.165, 1.54) is 25.1 Å². The summed E-state index contributed by atoms with van der Waals surface area (Å²) in [5, 5.41) is 13.1. The number of aliphatic carboxylic acids is 1. The number of benzene rings is 1. The molecule has 0 unspecified atom stereocenters. The maximum absolute atomic E-state index is 13.3. The Morgan fingerprint density at radius 2 is 1.95 bits per heavy atom. The largest absolute Gasteiger partial charge is 0.478 e. The molecule has 1 atom stereocenters. The van der Waals surface area contributed by atoms with Gasteiger partial charge in [0.25, 0.3) is 0 Å². The van der Waals surface area contributed by atoms with Crippen LogP contribution in [0.25, 0.3) is 0 Å². The Kier molecular flexibility index (Phi) is 6.06. The number of carbonyl (C=O) groups excluding carboxylic acids is 2. The van der Waals surface area contributed by atoms with E-state index < -0.39 is 29.6 Å². The van der Waals surface area contributed by atoms with Gasteiger partial charge in [0.15, 0.2) is 0 Å². The predicted molar refractivity (Wildman–Crippen MR) is 72.6 cm³/mol. The van der Waals surface area contributed by atoms with E-state index in [0.29, 0.717) is 11.6 Å². The lowest BCUT2D eigenvalue weighted by Gasteiger charge is -2.13. The van der Waals surface area contributed by atoms with Crippen molar-refractivity contribution < 1.29 is 23.9 Å². The molecule has 1 rings (SSSR count). The van der Waals surface area contributed by atoms with Gasteiger partial charge in [-0.05, 0) is 13.0 Å². The number of carboxylic acid groups (broad SMARTS) is 1. The van der Waals surface area contributed by atoms with Gasteiger partial charge in [-0.1, -0.05) is 18.2 Å². The number of amides is 2. The van der Waals surface area contributed by atoms with Crippen LogP contribution < -0.4 is 10.6 Å². The summed E-state index contributed by atoms with van der Waals surface area (Å²) < 4.78 is 13.3. The van der Waals surface area contributed by atoms with Gasteiger partial charge in [-0.15, -0.1) is 0 Å². The van der Waals surface area contributed by atoms with Crippen molar-refractivity contribution in [2.45, 2.75) is 19.5 Å². The molecule has 112 valence electrons. The molecule has 0 aromatic heterocycles. The first kappa shape index (κ1) is 16.4. The van der Waals surface area contributed by atoms with Crippen LogP contribution in [-0.4, -0.2) is 28.9 Å². The van der Waals surface area contributed by atoms with Gasteiger partial charge >= 0.3 is 5.97 Å². The van der Waals surface area contributed by atoms with E-state index in [1.54, 1.807) is 6.07 Å². The van der Waals surface area contributed by atoms with E-state index >= 15 is 0 Å². The van der Waals surface area contributed by atoms with Gasteiger partial charge in [0.1, 0.15) is 11.9 Å². The Bertz CT molecular complexity index is 572. The second-order valence-corrected chi connectivity index (χ2v) is 4.21. The number of nitrogens with one attached hydrogen (secondary N) is 2. The molecule has 6 nitrogen and oxygen atoms in total. The summed E-state index contributed by atoms with van der Waals surface area (Å²) in [5.74, 6) is -2.90. The lowest BCUT2D eigenvalue weighted by molar-refractivity contribution is -0.131. The number of hydrogen-bond acceptors (Lipinski definition) is 3. The van der Waals surface area contributed by atoms with Crippen LogP contribution in [0.1, 0.15) is 12.5 Å². The molecular weight excluding hydrogens is 279 g/mol. The van der Waals surface area contributed by atoms with Crippen LogP contribution in [0.2, 0.25) is 0 Å². The van der Waals surface area contributed by atoms with Crippen LogP contribution >= 0.6 is 0 Å². The van der Waals surface area contributed by atoms with Crippen molar-refractivity contribution in [3.8, 4) is 0 Å². The van der Waals surface area contributed by atoms with Crippen molar-refractivity contribution in [1.29, 1.82) is 0 Å². The first-order valence-corrected chi connectivity index (χ1v) is 6.12. The molecule has 0 aliphatic rings. The quantitative estimate of drug-likeness (QED) is 0.669. The molecule has 0 heterocycles. The van der Waals surface area contributed by atoms with Crippen LogP contribution in [0.4, 0.5) is 4.39 Å². The topological polar surface area (TPSA) is 95.5 Å². The highest BCUT2D eigenvalue weighted by Crippen LogP contribution is 2.05. The molecule has 0 radical (unpaired) electrons. The Labute approximate surface area is 120 Å². The minimum atomic E-state index is -1.26. The normalized spacial score (nSPS) is 11.9. The zero-order valence-corrected chi connectivity index (χ0v) is 11.3. The SMILES string of the molecule is C[C@H](NC(=O)C=CC(=O)O)C(=O)NCc1ccccc1F. The fraction of sp³-hybridized carbons (Fsp3) is 0.214. The summed E-state index contributed by atoms with van der Waals surface area (Å²) in [5.41, 5.74) is 0.329. The third-order valence-electron chi connectivity index (χ3n) is 2.54. The van der Waals surface area contributed by atoms with Crippen LogP contribution in [0.3, 0.4) is 0 Å². The lowest BCUT2D eigenvalue weighted by atomic mass is 10.2. The highest BCUT2D eigenvalue weighted by molar-refractivity contribution is 5.96. The molecule has 0 saturated carbocycles. The summed E-state index contributed by atoms with van der Waals surface area (Å²) >= 11 is 0. The highest BCUT2D eigenvalue weighted by atomic mass is 19.1. The first-order chi connectivity index (χ1) is 9.90. The monoisotopic (exact) mass is 294 g/mol. The fourth-order valence-electron chi connectivity index (χ4n) is 1.45. The Balaban J connectivity index is 2.46. The van der Waals surface area contributed by atoms with E-state index in [-0.39, 0.29) is 6.54 Å². The molecule has 2 amide bonds. The molecule has 7 heteroatoms. The highest BCUT2D eigenvalue weighted by Gasteiger charge is 2.14. The van der Waals surface area contributed by atoms with Crippen molar-refractivity contribution >= 4 is 17.8 Å². The van der Waals surface area contributed by atoms with E-state index in [2.05, 4.69) is 10.6 Å². The summed E-state index contributed by atoms with van der Waals surface area (Å²) in [4.78, 5) is 33.2. The Hall–Kier alpha value is -2.70. The minimum Gasteiger partial charge on any atom is -0.478 e. The lowest BCUT2D eigenvalue weighted by Crippen LogP contribution is -2.44. The van der Waals surface area contributed by atoms with E-state index in [1.807, 2.05) is 0 Å². The fourth-order valence-corrected chi connectivity index (χ4v) is 1.45. The van der Waals surface area contributed by atoms with Crippen molar-refractivity contribution in [2.24, 2.45) is 0 Å². The average molecular weight is 294 g/mol. The molecule has 1 aromatic rings. The van der Waals surface area contributed by atoms with Crippen molar-refractivity contribution in [2.75, 3.05) is 0 Å². The third-order valence-corrected chi connectivity index (χ3v) is 2.54. The van der Waals surface area contributed by atoms with Crippen molar-refractivity contribution in [3.63, 3.8) is 0 Å². The van der Waals surface area contributed by atoms with Crippen LogP contribution in [-0.2, 0) is 20.9 Å². The smallest absolute Gasteiger partial charge is 0.328 e. The molecule has 0 aliphatic carbocycles. The maximum atomic E-state index is 13.3. The summed E-state index contributed by atoms with van der Waals surface area (Å²) in [6, 6.07) is 5.13. The van der Waals surface area contributed by atoms with E-state index in [4.69, 9.17) is 5.11 Å². The molecule has 0 fully saturated rings. The summed E-state index contributed by atoms with van der Waals surface area (Å²) in [7, 11) is 0. The molecule has 0 bridgehead atoms. The number of carbonyl (C=O) groups is 3. The van der Waals surface area contributed by atoms with Gasteiger partial charge in [0.2, 0.25) is 11.8 Å². The molecular formula is C14H15FN2O4. The second kappa shape index (κ2) is 7.78. The zero-order valence-electron chi connectivity index (χ0n) is 11.3. The average Bonchev–Trinajstić information content (AvgIpc) is 2.43. The summed E-state index contributed by atoms with van der Waals surface area (Å²) in [6.45, 7) is 1.43. The Morgan fingerprint density at radius 3 is 2.57 bits per heavy atom. The maximum Gasteiger partial charge on any atom is 0.328 e. The van der Waals surface area contributed by atoms with Gasteiger partial charge in [-0.3, -0.25) is 9.59 Å². The zero-order chi connectivity index (χ0) is 15.8. The van der Waals surface area contributed by atoms with Crippen LogP contribution in [0.15, 0.2) is 36.4 Å². The number of hydrogen-bond donors (Lipinski definition) is 3. The molecule has 0 spiro atoms. The van der Waals surface area contributed by atoms with Crippen LogP contribution in [0.5, 0.6) is 0 Å². The predicted octanol–water partition coefficient (Wildman–Crippen LogP) is 0.587. The molecule has 0 saturated heterocycles. The molecule has 1 aromatic carbocycles. The molecule has 3 N–H and O–H groups in total. The van der Waals surface area contributed by atoms with Crippen LogP contribution in [0, 0.1) is 5.82 Å². The standard InChI is InChI=1S/C14H15FN2O4/c1-9(17-12(18)6-7-13(19)20)14(21)16-8-10-4-2-3-5-11(10)15/h2-7,9H,8H2,1H3,(H,16,21)(H,17,18)(H,19,20)/t9-/m0/s1. The molecule has 0 aliphatic heterocycles. The second-order valence-electron chi connectivity index (χ2n) is 4.21. The third kappa shape index (κ3) is 5.85. The van der Waals surface area contributed by atoms with Gasteiger partial charge < -0.3 is 15.7 Å². The van der Waals surface area contributed by atoms with Gasteiger partial charge in [-0.25, -0.2) is 9.18 Å². The number of carboxylic acids is 1. The van der Waals surface area contributed by atoms with Crippen molar-refractivity contribution in [1.82, 2.24) is 10.6 Å². The first-order valence-electron chi connectivity index (χ1n) is 6.12. The molecule has 21 heavy (non-hydrogen) atoms. The number of halogens is 1. The van der Waals surface area contributed by atoms with Gasteiger partial charge in [0.05, 0.1) is 0 Å². The van der Waals surface area contributed by atoms with Gasteiger partial charge in [-0.2, -0.15) is 0 Å². The summed E-state index contributed by atoms with van der Waals surface area (Å²) in [6.07, 6.45) is 1.47. The van der Waals surface area contributed by atoms with Crippen molar-refractivity contribution in [3.05, 3.63) is 47.8 Å². The Morgan fingerprint density at radius 1 is 1.29 bits per heavy atom. The van der Waals surface area contributed by atoms with E-state index in [9.17, 15) is 18.8 Å².